The number of ether oxygens (including phenoxy) is 1. The molecule has 0 aliphatic heterocycles. The highest BCUT2D eigenvalue weighted by atomic mass is 16.5. The van der Waals surface area contributed by atoms with E-state index in [1.807, 2.05) is 0 Å². The van der Waals surface area contributed by atoms with Crippen LogP contribution in [0.2, 0.25) is 0 Å². The Kier molecular flexibility index (Phi) is 4.46. The normalized spacial score (nSPS) is 26.7. The summed E-state index contributed by atoms with van der Waals surface area (Å²) in [6, 6.07) is 0.687. The van der Waals surface area contributed by atoms with Crippen molar-refractivity contribution in [3.05, 3.63) is 11.6 Å². The lowest BCUT2D eigenvalue weighted by Gasteiger charge is -2.35. The van der Waals surface area contributed by atoms with Gasteiger partial charge < -0.3 is 10.1 Å². The van der Waals surface area contributed by atoms with Crippen molar-refractivity contribution in [2.24, 2.45) is 0 Å². The predicted octanol–water partition coefficient (Wildman–Crippen LogP) is 2.11. The maximum absolute atomic E-state index is 5.48. The van der Waals surface area contributed by atoms with Gasteiger partial charge in [0, 0.05) is 19.2 Å². The molecule has 2 nitrogen and oxygen atoms in total. The SMILES string of the molecule is CCOC1CC(NCC=C(C)C)C1. The van der Waals surface area contributed by atoms with Gasteiger partial charge in [0.1, 0.15) is 0 Å². The average molecular weight is 183 g/mol. The third-order valence-corrected chi connectivity index (χ3v) is 2.41. The molecule has 1 fully saturated rings. The molecule has 1 aliphatic carbocycles. The van der Waals surface area contributed by atoms with Crippen LogP contribution in [0.1, 0.15) is 33.6 Å². The van der Waals surface area contributed by atoms with Crippen molar-refractivity contribution in [2.75, 3.05) is 13.2 Å². The Bertz CT molecular complexity index is 167. The number of rotatable bonds is 5. The van der Waals surface area contributed by atoms with Crippen LogP contribution in [-0.2, 0) is 4.74 Å². The molecule has 13 heavy (non-hydrogen) atoms. The number of allylic oxidation sites excluding steroid dienone is 1. The minimum Gasteiger partial charge on any atom is -0.378 e. The molecule has 1 saturated carbocycles. The molecule has 0 aromatic carbocycles. The first-order valence-electron chi connectivity index (χ1n) is 5.20. The molecule has 0 aromatic rings. The van der Waals surface area contributed by atoms with Crippen molar-refractivity contribution in [1.82, 2.24) is 5.32 Å². The molecule has 0 atom stereocenters. The van der Waals surface area contributed by atoms with E-state index in [1.165, 1.54) is 18.4 Å². The van der Waals surface area contributed by atoms with E-state index in [-0.39, 0.29) is 0 Å². The van der Waals surface area contributed by atoms with Crippen molar-refractivity contribution in [3.8, 4) is 0 Å². The van der Waals surface area contributed by atoms with Gasteiger partial charge in [0.15, 0.2) is 0 Å². The summed E-state index contributed by atoms with van der Waals surface area (Å²) in [5.41, 5.74) is 1.38. The zero-order valence-corrected chi connectivity index (χ0v) is 8.97. The molecule has 0 unspecified atom stereocenters. The van der Waals surface area contributed by atoms with Gasteiger partial charge in [-0.25, -0.2) is 0 Å². The number of nitrogens with one attached hydrogen (secondary N) is 1. The molecule has 76 valence electrons. The van der Waals surface area contributed by atoms with E-state index in [2.05, 4.69) is 32.2 Å². The molecule has 0 spiro atoms. The van der Waals surface area contributed by atoms with Crippen LogP contribution >= 0.6 is 0 Å². The topological polar surface area (TPSA) is 21.3 Å². The van der Waals surface area contributed by atoms with Crippen LogP contribution in [-0.4, -0.2) is 25.3 Å². The molecule has 0 saturated heterocycles. The fourth-order valence-electron chi connectivity index (χ4n) is 1.53. The van der Waals surface area contributed by atoms with Gasteiger partial charge in [0.05, 0.1) is 6.10 Å². The van der Waals surface area contributed by atoms with E-state index in [1.54, 1.807) is 0 Å². The van der Waals surface area contributed by atoms with Crippen LogP contribution in [0.5, 0.6) is 0 Å². The Morgan fingerprint density at radius 1 is 1.46 bits per heavy atom. The first kappa shape index (κ1) is 10.7. The second kappa shape index (κ2) is 5.40. The van der Waals surface area contributed by atoms with E-state index < -0.39 is 0 Å². The third kappa shape index (κ3) is 3.92. The van der Waals surface area contributed by atoms with E-state index in [4.69, 9.17) is 4.74 Å². The van der Waals surface area contributed by atoms with E-state index in [0.29, 0.717) is 12.1 Å². The Morgan fingerprint density at radius 3 is 2.69 bits per heavy atom. The summed E-state index contributed by atoms with van der Waals surface area (Å²) in [7, 11) is 0. The molecule has 0 amide bonds. The second-order valence-electron chi connectivity index (χ2n) is 3.94. The average Bonchev–Trinajstić information content (AvgIpc) is 1.99. The lowest BCUT2D eigenvalue weighted by Crippen LogP contribution is -2.45. The van der Waals surface area contributed by atoms with Crippen LogP contribution in [0.4, 0.5) is 0 Å². The highest BCUT2D eigenvalue weighted by Gasteiger charge is 2.28. The van der Waals surface area contributed by atoms with Crippen molar-refractivity contribution < 1.29 is 4.74 Å². The maximum atomic E-state index is 5.48. The van der Waals surface area contributed by atoms with Crippen molar-refractivity contribution >= 4 is 0 Å². The van der Waals surface area contributed by atoms with Gasteiger partial charge in [-0.3, -0.25) is 0 Å². The van der Waals surface area contributed by atoms with Gasteiger partial charge in [0.25, 0.3) is 0 Å². The van der Waals surface area contributed by atoms with E-state index >= 15 is 0 Å². The summed E-state index contributed by atoms with van der Waals surface area (Å²) >= 11 is 0. The van der Waals surface area contributed by atoms with Crippen molar-refractivity contribution in [2.45, 2.75) is 45.8 Å². The molecular weight excluding hydrogens is 162 g/mol. The third-order valence-electron chi connectivity index (χ3n) is 2.41. The van der Waals surface area contributed by atoms with E-state index in [9.17, 15) is 0 Å². The van der Waals surface area contributed by atoms with Gasteiger partial charge in [-0.1, -0.05) is 11.6 Å². The first-order chi connectivity index (χ1) is 6.22. The van der Waals surface area contributed by atoms with Gasteiger partial charge in [-0.2, -0.15) is 0 Å². The minimum absolute atomic E-state index is 0.522. The van der Waals surface area contributed by atoms with Crippen molar-refractivity contribution in [1.29, 1.82) is 0 Å². The van der Waals surface area contributed by atoms with Gasteiger partial charge in [-0.05, 0) is 33.6 Å². The Balaban J connectivity index is 1.99. The monoisotopic (exact) mass is 183 g/mol. The summed E-state index contributed by atoms with van der Waals surface area (Å²) in [6.07, 6.45) is 5.12. The Morgan fingerprint density at radius 2 is 2.15 bits per heavy atom. The van der Waals surface area contributed by atoms with Crippen LogP contribution in [0.3, 0.4) is 0 Å². The van der Waals surface area contributed by atoms with Crippen LogP contribution < -0.4 is 5.32 Å². The fraction of sp³-hybridized carbons (Fsp3) is 0.818. The maximum Gasteiger partial charge on any atom is 0.0604 e. The molecule has 1 N–H and O–H groups in total. The highest BCUT2D eigenvalue weighted by Crippen LogP contribution is 2.22. The summed E-state index contributed by atoms with van der Waals surface area (Å²) in [6.45, 7) is 8.18. The number of hydrogen-bond donors (Lipinski definition) is 1. The van der Waals surface area contributed by atoms with Crippen LogP contribution in [0.15, 0.2) is 11.6 Å². The van der Waals surface area contributed by atoms with Gasteiger partial charge in [0.2, 0.25) is 0 Å². The minimum atomic E-state index is 0.522. The molecule has 0 bridgehead atoms. The second-order valence-corrected chi connectivity index (χ2v) is 3.94. The lowest BCUT2D eigenvalue weighted by atomic mass is 9.89. The largest absolute Gasteiger partial charge is 0.378 e. The van der Waals surface area contributed by atoms with Crippen LogP contribution in [0.25, 0.3) is 0 Å². The summed E-state index contributed by atoms with van der Waals surface area (Å²) < 4.78 is 5.48. The fourth-order valence-corrected chi connectivity index (χ4v) is 1.53. The molecule has 0 radical (unpaired) electrons. The molecule has 0 aromatic heterocycles. The molecule has 1 rings (SSSR count). The Hall–Kier alpha value is -0.340. The first-order valence-corrected chi connectivity index (χ1v) is 5.20. The van der Waals surface area contributed by atoms with E-state index in [0.717, 1.165) is 13.2 Å². The smallest absolute Gasteiger partial charge is 0.0604 e. The predicted molar refractivity (Wildman–Crippen MR) is 55.9 cm³/mol. The lowest BCUT2D eigenvalue weighted by molar-refractivity contribution is -0.00899. The summed E-state index contributed by atoms with van der Waals surface area (Å²) in [4.78, 5) is 0. The summed E-state index contributed by atoms with van der Waals surface area (Å²) in [5, 5.41) is 3.48. The molecule has 2 heteroatoms. The zero-order valence-electron chi connectivity index (χ0n) is 8.97. The van der Waals surface area contributed by atoms with Crippen molar-refractivity contribution in [3.63, 3.8) is 0 Å². The number of hydrogen-bond acceptors (Lipinski definition) is 2. The van der Waals surface area contributed by atoms with Crippen LogP contribution in [0, 0.1) is 0 Å². The molecular formula is C11H21NO. The van der Waals surface area contributed by atoms with Gasteiger partial charge in [-0.15, -0.1) is 0 Å². The quantitative estimate of drug-likeness (QED) is 0.659. The van der Waals surface area contributed by atoms with Gasteiger partial charge >= 0.3 is 0 Å². The molecule has 0 heterocycles. The standard InChI is InChI=1S/C11H21NO/c1-4-13-11-7-10(8-11)12-6-5-9(2)3/h5,10-12H,4,6-8H2,1-3H3. The molecule has 1 aliphatic rings. The Labute approximate surface area is 81.4 Å². The highest BCUT2D eigenvalue weighted by molar-refractivity contribution is 4.96. The zero-order chi connectivity index (χ0) is 9.68. The summed E-state index contributed by atoms with van der Waals surface area (Å²) in [5.74, 6) is 0.